The monoisotopic (exact) mass is 305 g/mol. The predicted molar refractivity (Wildman–Crippen MR) is 79.9 cm³/mol. The Bertz CT molecular complexity index is 722. The highest BCUT2D eigenvalue weighted by atomic mass is 32.1. The van der Waals surface area contributed by atoms with Gasteiger partial charge in [-0.2, -0.15) is 4.52 Å². The fourth-order valence-corrected chi connectivity index (χ4v) is 2.51. The van der Waals surface area contributed by atoms with Gasteiger partial charge in [-0.05, 0) is 31.2 Å². The molecule has 2 N–H and O–H groups in total. The van der Waals surface area contributed by atoms with Crippen molar-refractivity contribution in [1.29, 1.82) is 0 Å². The van der Waals surface area contributed by atoms with Gasteiger partial charge >= 0.3 is 0 Å². The molecule has 0 aliphatic rings. The first kappa shape index (κ1) is 13.6. The van der Waals surface area contributed by atoms with Crippen LogP contribution < -0.4 is 15.2 Å². The number of hydrogen-bond donors (Lipinski definition) is 1. The maximum atomic E-state index is 5.68. The molecule has 2 heterocycles. The van der Waals surface area contributed by atoms with Crippen LogP contribution in [-0.4, -0.2) is 33.0 Å². The van der Waals surface area contributed by atoms with Gasteiger partial charge in [0.05, 0.1) is 13.2 Å². The van der Waals surface area contributed by atoms with Crippen molar-refractivity contribution in [3.05, 3.63) is 30.1 Å². The van der Waals surface area contributed by atoms with Gasteiger partial charge in [0.25, 0.3) is 0 Å². The smallest absolute Gasteiger partial charge is 0.236 e. The number of fused-ring (bicyclic) bond motifs is 1. The second-order valence-corrected chi connectivity index (χ2v) is 5.24. The second kappa shape index (κ2) is 5.96. The Morgan fingerprint density at radius 1 is 1.14 bits per heavy atom. The standard InChI is InChI=1S/C13H15N5O2S/c1-2-19-9-3-5-10(6-4-9)20-8-7-11-15-16-13-18(11)17-12(14)21-13/h3-6H,2,7-8H2,1H3,(H2,14,17). The minimum atomic E-state index is 0.480. The molecule has 7 nitrogen and oxygen atoms in total. The number of rotatable bonds is 6. The Labute approximate surface area is 125 Å². The van der Waals surface area contributed by atoms with Crippen LogP contribution >= 0.6 is 11.3 Å². The van der Waals surface area contributed by atoms with Crippen molar-refractivity contribution >= 4 is 21.4 Å². The Hall–Kier alpha value is -2.35. The topological polar surface area (TPSA) is 87.6 Å². The zero-order chi connectivity index (χ0) is 14.7. The van der Waals surface area contributed by atoms with Crippen LogP contribution in [0.15, 0.2) is 24.3 Å². The SMILES string of the molecule is CCOc1ccc(OCCc2nnc3sc(N)nn23)cc1. The highest BCUT2D eigenvalue weighted by Gasteiger charge is 2.10. The number of nitrogen functional groups attached to an aromatic ring is 1. The Balaban J connectivity index is 1.58. The molecule has 3 aromatic rings. The van der Waals surface area contributed by atoms with Crippen LogP contribution in [0.2, 0.25) is 0 Å². The molecule has 0 atom stereocenters. The van der Waals surface area contributed by atoms with Gasteiger partial charge in [0, 0.05) is 6.42 Å². The summed E-state index contributed by atoms with van der Waals surface area (Å²) < 4.78 is 12.7. The summed E-state index contributed by atoms with van der Waals surface area (Å²) in [5.74, 6) is 2.36. The average molecular weight is 305 g/mol. The van der Waals surface area contributed by atoms with E-state index in [9.17, 15) is 0 Å². The predicted octanol–water partition coefficient (Wildman–Crippen LogP) is 1.79. The van der Waals surface area contributed by atoms with Gasteiger partial charge < -0.3 is 15.2 Å². The van der Waals surface area contributed by atoms with Crippen LogP contribution in [0.5, 0.6) is 11.5 Å². The van der Waals surface area contributed by atoms with Crippen molar-refractivity contribution in [1.82, 2.24) is 19.8 Å². The number of hydrogen-bond acceptors (Lipinski definition) is 7. The van der Waals surface area contributed by atoms with Crippen molar-refractivity contribution in [2.75, 3.05) is 18.9 Å². The molecule has 0 amide bonds. The normalized spacial score (nSPS) is 10.9. The van der Waals surface area contributed by atoms with Crippen LogP contribution in [0.1, 0.15) is 12.7 Å². The summed E-state index contributed by atoms with van der Waals surface area (Å²) in [7, 11) is 0. The molecule has 0 unspecified atom stereocenters. The first-order valence-electron chi connectivity index (χ1n) is 6.58. The quantitative estimate of drug-likeness (QED) is 0.747. The van der Waals surface area contributed by atoms with Crippen molar-refractivity contribution in [2.24, 2.45) is 0 Å². The Kier molecular flexibility index (Phi) is 3.87. The van der Waals surface area contributed by atoms with Gasteiger partial charge in [-0.25, -0.2) is 0 Å². The van der Waals surface area contributed by atoms with Gasteiger partial charge in [-0.15, -0.1) is 15.3 Å². The van der Waals surface area contributed by atoms with Crippen LogP contribution in [0.25, 0.3) is 4.96 Å². The molecule has 21 heavy (non-hydrogen) atoms. The van der Waals surface area contributed by atoms with Gasteiger partial charge in [0.1, 0.15) is 11.5 Å². The van der Waals surface area contributed by atoms with Crippen LogP contribution in [0.4, 0.5) is 5.13 Å². The van der Waals surface area contributed by atoms with E-state index >= 15 is 0 Å². The molecular formula is C13H15N5O2S. The molecule has 0 radical (unpaired) electrons. The maximum Gasteiger partial charge on any atom is 0.236 e. The molecule has 0 spiro atoms. The number of ether oxygens (including phenoxy) is 2. The molecule has 3 rings (SSSR count). The van der Waals surface area contributed by atoms with E-state index in [4.69, 9.17) is 15.2 Å². The van der Waals surface area contributed by atoms with Crippen molar-refractivity contribution in [2.45, 2.75) is 13.3 Å². The van der Waals surface area contributed by atoms with Gasteiger partial charge in [0.15, 0.2) is 5.82 Å². The third-order valence-corrected chi connectivity index (χ3v) is 3.53. The number of nitrogens with two attached hydrogens (primary N) is 1. The Morgan fingerprint density at radius 3 is 2.57 bits per heavy atom. The third-order valence-electron chi connectivity index (χ3n) is 2.80. The second-order valence-electron chi connectivity index (χ2n) is 4.25. The van der Waals surface area contributed by atoms with E-state index in [1.165, 1.54) is 11.3 Å². The van der Waals surface area contributed by atoms with E-state index in [1.54, 1.807) is 4.52 Å². The molecule has 2 aromatic heterocycles. The number of nitrogens with zero attached hydrogens (tertiary/aromatic N) is 4. The van der Waals surface area contributed by atoms with E-state index in [1.807, 2.05) is 31.2 Å². The number of anilines is 1. The van der Waals surface area contributed by atoms with Crippen LogP contribution in [0, 0.1) is 0 Å². The van der Waals surface area contributed by atoms with Gasteiger partial charge in [-0.3, -0.25) is 0 Å². The largest absolute Gasteiger partial charge is 0.494 e. The summed E-state index contributed by atoms with van der Waals surface area (Å²) in [4.78, 5) is 0.698. The molecule has 1 aromatic carbocycles. The molecule has 0 saturated heterocycles. The molecular weight excluding hydrogens is 290 g/mol. The van der Waals surface area contributed by atoms with Crippen LogP contribution in [-0.2, 0) is 6.42 Å². The number of aromatic nitrogens is 4. The molecule has 8 heteroatoms. The molecule has 0 saturated carbocycles. The van der Waals surface area contributed by atoms with Crippen molar-refractivity contribution in [3.8, 4) is 11.5 Å². The minimum Gasteiger partial charge on any atom is -0.494 e. The summed E-state index contributed by atoms with van der Waals surface area (Å²) in [5.41, 5.74) is 5.64. The fourth-order valence-electron chi connectivity index (χ4n) is 1.89. The molecule has 0 aliphatic heterocycles. The molecule has 0 fully saturated rings. The van der Waals surface area contributed by atoms with E-state index in [0.717, 1.165) is 17.3 Å². The molecule has 0 aliphatic carbocycles. The summed E-state index contributed by atoms with van der Waals surface area (Å²) in [6.07, 6.45) is 0.609. The summed E-state index contributed by atoms with van der Waals surface area (Å²) >= 11 is 1.31. The van der Waals surface area contributed by atoms with E-state index in [0.29, 0.717) is 29.7 Å². The summed E-state index contributed by atoms with van der Waals surface area (Å²) in [6, 6.07) is 7.53. The van der Waals surface area contributed by atoms with Crippen molar-refractivity contribution < 1.29 is 9.47 Å². The van der Waals surface area contributed by atoms with E-state index < -0.39 is 0 Å². The summed E-state index contributed by atoms with van der Waals surface area (Å²) in [6.45, 7) is 3.10. The molecule has 0 bridgehead atoms. The van der Waals surface area contributed by atoms with E-state index in [2.05, 4.69) is 15.3 Å². The number of benzene rings is 1. The van der Waals surface area contributed by atoms with Gasteiger partial charge in [0.2, 0.25) is 10.1 Å². The minimum absolute atomic E-state index is 0.480. The lowest BCUT2D eigenvalue weighted by molar-refractivity contribution is 0.314. The lowest BCUT2D eigenvalue weighted by Crippen LogP contribution is -2.05. The first-order valence-corrected chi connectivity index (χ1v) is 7.40. The van der Waals surface area contributed by atoms with Gasteiger partial charge in [-0.1, -0.05) is 11.3 Å². The highest BCUT2D eigenvalue weighted by Crippen LogP contribution is 2.18. The van der Waals surface area contributed by atoms with Crippen LogP contribution in [0.3, 0.4) is 0 Å². The highest BCUT2D eigenvalue weighted by molar-refractivity contribution is 7.20. The average Bonchev–Trinajstić information content (AvgIpc) is 3.01. The zero-order valence-electron chi connectivity index (χ0n) is 11.5. The van der Waals surface area contributed by atoms with E-state index in [-0.39, 0.29) is 0 Å². The third kappa shape index (κ3) is 3.05. The summed E-state index contributed by atoms with van der Waals surface area (Å²) in [5, 5.41) is 12.7. The fraction of sp³-hybridized carbons (Fsp3) is 0.308. The lowest BCUT2D eigenvalue weighted by Gasteiger charge is -2.06. The first-order chi connectivity index (χ1) is 10.3. The maximum absolute atomic E-state index is 5.68. The Morgan fingerprint density at radius 2 is 1.86 bits per heavy atom. The zero-order valence-corrected chi connectivity index (χ0v) is 12.3. The lowest BCUT2D eigenvalue weighted by atomic mass is 10.3. The van der Waals surface area contributed by atoms with Crippen molar-refractivity contribution in [3.63, 3.8) is 0 Å². The molecule has 110 valence electrons.